The molecule has 0 atom stereocenters. The monoisotopic (exact) mass is 465 g/mol. The molecule has 0 bridgehead atoms. The zero-order valence-corrected chi connectivity index (χ0v) is 17.9. The average Bonchev–Trinajstić information content (AvgIpc) is 3.41. The van der Waals surface area contributed by atoms with Gasteiger partial charge in [0.2, 0.25) is 0 Å². The smallest absolute Gasteiger partial charge is 0.435 e. The van der Waals surface area contributed by atoms with E-state index in [9.17, 15) is 22.8 Å². The van der Waals surface area contributed by atoms with Crippen LogP contribution in [0.25, 0.3) is 0 Å². The number of aromatic nitrogens is 2. The number of amides is 1. The van der Waals surface area contributed by atoms with Crippen molar-refractivity contribution < 1.29 is 36.7 Å². The summed E-state index contributed by atoms with van der Waals surface area (Å²) in [6, 6.07) is 10.4. The fourth-order valence-electron chi connectivity index (χ4n) is 2.93. The van der Waals surface area contributed by atoms with Crippen LogP contribution in [0.15, 0.2) is 46.9 Å². The molecule has 0 aliphatic heterocycles. The van der Waals surface area contributed by atoms with Gasteiger partial charge in [0.15, 0.2) is 11.5 Å². The molecule has 2 aromatic heterocycles. The summed E-state index contributed by atoms with van der Waals surface area (Å²) in [6.07, 6.45) is -4.10. The molecule has 176 valence electrons. The van der Waals surface area contributed by atoms with Crippen molar-refractivity contribution in [2.75, 3.05) is 13.7 Å². The minimum atomic E-state index is -4.49. The van der Waals surface area contributed by atoms with E-state index in [1.807, 2.05) is 0 Å². The van der Waals surface area contributed by atoms with Gasteiger partial charge >= 0.3 is 12.1 Å². The summed E-state index contributed by atoms with van der Waals surface area (Å²) in [5, 5.41) is 6.20. The van der Waals surface area contributed by atoms with Gasteiger partial charge in [0.25, 0.3) is 5.91 Å². The minimum absolute atomic E-state index is 0.0744. The Kier molecular flexibility index (Phi) is 7.41. The summed E-state index contributed by atoms with van der Waals surface area (Å²) >= 11 is 0. The van der Waals surface area contributed by atoms with Crippen LogP contribution in [-0.2, 0) is 24.1 Å². The molecule has 0 spiro atoms. The Morgan fingerprint density at radius 2 is 1.88 bits per heavy atom. The number of carbonyl (C=O) groups is 2. The van der Waals surface area contributed by atoms with E-state index in [0.717, 1.165) is 6.07 Å². The number of rotatable bonds is 9. The van der Waals surface area contributed by atoms with Crippen LogP contribution in [-0.4, -0.2) is 35.3 Å². The van der Waals surface area contributed by atoms with Crippen LogP contribution < -0.4 is 10.1 Å². The molecule has 3 rings (SSSR count). The maximum Gasteiger partial charge on any atom is 0.435 e. The lowest BCUT2D eigenvalue weighted by Gasteiger charge is -2.06. The summed E-state index contributed by atoms with van der Waals surface area (Å²) in [6.45, 7) is 2.08. The number of benzene rings is 1. The number of methoxy groups -OCH3 is 1. The highest BCUT2D eigenvalue weighted by molar-refractivity contribution is 5.91. The SMILES string of the molecule is COC(=O)c1ccc(OCc2ccc(C(=O)NCCCn3nc(C(F)(F)F)cc3C)o2)cc1. The highest BCUT2D eigenvalue weighted by atomic mass is 19.4. The molecule has 0 aliphatic carbocycles. The van der Waals surface area contributed by atoms with Crippen molar-refractivity contribution >= 4 is 11.9 Å². The van der Waals surface area contributed by atoms with Crippen LogP contribution in [0.1, 0.15) is 44.5 Å². The van der Waals surface area contributed by atoms with Gasteiger partial charge in [-0.2, -0.15) is 18.3 Å². The number of carbonyl (C=O) groups excluding carboxylic acids is 2. The number of furan rings is 1. The van der Waals surface area contributed by atoms with Crippen molar-refractivity contribution in [3.05, 3.63) is 70.9 Å². The Hall–Kier alpha value is -3.76. The second-order valence-corrected chi connectivity index (χ2v) is 7.07. The van der Waals surface area contributed by atoms with E-state index < -0.39 is 23.7 Å². The van der Waals surface area contributed by atoms with Gasteiger partial charge < -0.3 is 19.2 Å². The van der Waals surface area contributed by atoms with E-state index in [1.54, 1.807) is 37.3 Å². The van der Waals surface area contributed by atoms with E-state index in [2.05, 4.69) is 15.2 Å². The number of hydrogen-bond donors (Lipinski definition) is 1. The lowest BCUT2D eigenvalue weighted by Crippen LogP contribution is -2.25. The number of alkyl halides is 3. The molecule has 11 heteroatoms. The van der Waals surface area contributed by atoms with Gasteiger partial charge in [0.1, 0.15) is 18.1 Å². The van der Waals surface area contributed by atoms with E-state index >= 15 is 0 Å². The maximum atomic E-state index is 12.7. The van der Waals surface area contributed by atoms with Crippen LogP contribution in [0.5, 0.6) is 5.75 Å². The number of halogens is 3. The van der Waals surface area contributed by atoms with Crippen LogP contribution in [0.4, 0.5) is 13.2 Å². The quantitative estimate of drug-likeness (QED) is 0.379. The minimum Gasteiger partial charge on any atom is -0.486 e. The lowest BCUT2D eigenvalue weighted by atomic mass is 10.2. The van der Waals surface area contributed by atoms with Crippen molar-refractivity contribution in [1.82, 2.24) is 15.1 Å². The van der Waals surface area contributed by atoms with Gasteiger partial charge in [-0.15, -0.1) is 0 Å². The fraction of sp³-hybridized carbons (Fsp3) is 0.318. The second kappa shape index (κ2) is 10.2. The molecule has 8 nitrogen and oxygen atoms in total. The van der Waals surface area contributed by atoms with Crippen molar-refractivity contribution in [2.45, 2.75) is 32.7 Å². The van der Waals surface area contributed by atoms with Crippen LogP contribution in [0.3, 0.4) is 0 Å². The van der Waals surface area contributed by atoms with Gasteiger partial charge in [-0.3, -0.25) is 9.48 Å². The molecular formula is C22H22F3N3O5. The molecular weight excluding hydrogens is 443 g/mol. The highest BCUT2D eigenvalue weighted by Gasteiger charge is 2.34. The number of nitrogens with zero attached hydrogens (tertiary/aromatic N) is 2. The maximum absolute atomic E-state index is 12.7. The number of nitrogens with one attached hydrogen (secondary N) is 1. The number of esters is 1. The first-order chi connectivity index (χ1) is 15.7. The summed E-state index contributed by atoms with van der Waals surface area (Å²) in [7, 11) is 1.30. The Morgan fingerprint density at radius 3 is 2.52 bits per heavy atom. The molecule has 0 aliphatic rings. The Bertz CT molecular complexity index is 1100. The Balaban J connectivity index is 1.43. The van der Waals surface area contributed by atoms with Gasteiger partial charge in [0, 0.05) is 18.8 Å². The van der Waals surface area contributed by atoms with Crippen LogP contribution in [0, 0.1) is 6.92 Å². The van der Waals surface area contributed by atoms with E-state index in [-0.39, 0.29) is 25.5 Å². The third kappa shape index (κ3) is 6.37. The molecule has 33 heavy (non-hydrogen) atoms. The highest BCUT2D eigenvalue weighted by Crippen LogP contribution is 2.28. The van der Waals surface area contributed by atoms with Crippen LogP contribution in [0.2, 0.25) is 0 Å². The second-order valence-electron chi connectivity index (χ2n) is 7.07. The Labute approximate surface area is 187 Å². The van der Waals surface area contributed by atoms with Gasteiger partial charge in [-0.25, -0.2) is 4.79 Å². The molecule has 1 amide bonds. The lowest BCUT2D eigenvalue weighted by molar-refractivity contribution is -0.141. The molecule has 0 unspecified atom stereocenters. The number of ether oxygens (including phenoxy) is 2. The first-order valence-corrected chi connectivity index (χ1v) is 9.97. The van der Waals surface area contributed by atoms with Gasteiger partial charge in [-0.1, -0.05) is 0 Å². The number of hydrogen-bond acceptors (Lipinski definition) is 6. The predicted octanol–water partition coefficient (Wildman–Crippen LogP) is 3.99. The zero-order valence-electron chi connectivity index (χ0n) is 17.9. The van der Waals surface area contributed by atoms with Crippen LogP contribution >= 0.6 is 0 Å². The van der Waals surface area contributed by atoms with Crippen molar-refractivity contribution in [3.63, 3.8) is 0 Å². The summed E-state index contributed by atoms with van der Waals surface area (Å²) in [4.78, 5) is 23.6. The zero-order chi connectivity index (χ0) is 24.0. The first kappa shape index (κ1) is 23.9. The predicted molar refractivity (Wildman–Crippen MR) is 110 cm³/mol. The normalized spacial score (nSPS) is 11.3. The summed E-state index contributed by atoms with van der Waals surface area (Å²) in [5.74, 6) is 0.117. The summed E-state index contributed by atoms with van der Waals surface area (Å²) in [5.41, 5.74) is -0.150. The largest absolute Gasteiger partial charge is 0.486 e. The van der Waals surface area contributed by atoms with Crippen molar-refractivity contribution in [1.29, 1.82) is 0 Å². The molecule has 3 aromatic rings. The third-order valence-corrected chi connectivity index (χ3v) is 4.65. The third-order valence-electron chi connectivity index (χ3n) is 4.65. The van der Waals surface area contributed by atoms with E-state index in [0.29, 0.717) is 29.2 Å². The topological polar surface area (TPSA) is 95.6 Å². The van der Waals surface area contributed by atoms with E-state index in [1.165, 1.54) is 17.9 Å². The van der Waals surface area contributed by atoms with Crippen molar-refractivity contribution in [3.8, 4) is 5.75 Å². The molecule has 2 heterocycles. The van der Waals surface area contributed by atoms with E-state index in [4.69, 9.17) is 9.15 Å². The van der Waals surface area contributed by atoms with Crippen molar-refractivity contribution in [2.24, 2.45) is 0 Å². The van der Waals surface area contributed by atoms with Gasteiger partial charge in [-0.05, 0) is 55.8 Å². The molecule has 1 N–H and O–H groups in total. The first-order valence-electron chi connectivity index (χ1n) is 9.97. The Morgan fingerprint density at radius 1 is 1.15 bits per heavy atom. The average molecular weight is 465 g/mol. The molecule has 1 aromatic carbocycles. The standard InChI is InChI=1S/C22H22F3N3O5/c1-14-12-19(22(23,24)25)27-28(14)11-3-10-26-20(29)18-9-8-17(33-18)13-32-16-6-4-15(5-7-16)21(30)31-2/h4-9,12H,3,10-11,13H2,1-2H3,(H,26,29). The molecule has 0 saturated heterocycles. The van der Waals surface area contributed by atoms with Gasteiger partial charge in [0.05, 0.1) is 12.7 Å². The number of aryl methyl sites for hydroxylation is 2. The summed E-state index contributed by atoms with van der Waals surface area (Å²) < 4.78 is 55.0. The molecule has 0 fully saturated rings. The molecule has 0 saturated carbocycles. The fourth-order valence-corrected chi connectivity index (χ4v) is 2.93. The molecule has 0 radical (unpaired) electrons.